The highest BCUT2D eigenvalue weighted by Gasteiger charge is 2.52. The topological polar surface area (TPSA) is 61.4 Å². The zero-order valence-corrected chi connectivity index (χ0v) is 16.6. The third-order valence-corrected chi connectivity index (χ3v) is 6.62. The Morgan fingerprint density at radius 3 is 2.59 bits per heavy atom. The Morgan fingerprint density at radius 2 is 1.86 bits per heavy atom. The molecule has 0 aromatic heterocycles. The van der Waals surface area contributed by atoms with Crippen LogP contribution >= 0.6 is 0 Å². The number of carbonyl (C=O) groups excluding carboxylic acids is 2. The zero-order chi connectivity index (χ0) is 19.8. The number of hydrogen-bond acceptors (Lipinski definition) is 3. The SMILES string of the molecule is O=C1Cc2ccc(C3(C(=O)NC(CN4CCCC4)c4ccccc4)CC3)cc2N1. The smallest absolute Gasteiger partial charge is 0.231 e. The molecule has 5 rings (SSSR count). The first kappa shape index (κ1) is 18.4. The summed E-state index contributed by atoms with van der Waals surface area (Å²) in [4.78, 5) is 27.6. The minimum absolute atomic E-state index is 0.00611. The number of benzene rings is 2. The molecule has 1 atom stereocenters. The molecule has 2 aromatic carbocycles. The van der Waals surface area contributed by atoms with E-state index < -0.39 is 5.41 Å². The van der Waals surface area contributed by atoms with Gasteiger partial charge in [-0.1, -0.05) is 42.5 Å². The van der Waals surface area contributed by atoms with Crippen molar-refractivity contribution in [3.05, 3.63) is 65.2 Å². The number of anilines is 1. The van der Waals surface area contributed by atoms with Gasteiger partial charge in [0, 0.05) is 12.2 Å². The summed E-state index contributed by atoms with van der Waals surface area (Å²) in [7, 11) is 0. The van der Waals surface area contributed by atoms with Crippen LogP contribution in [-0.4, -0.2) is 36.3 Å². The van der Waals surface area contributed by atoms with Gasteiger partial charge in [0.2, 0.25) is 11.8 Å². The van der Waals surface area contributed by atoms with Crippen molar-refractivity contribution in [2.75, 3.05) is 25.0 Å². The average Bonchev–Trinajstić information content (AvgIpc) is 3.22. The Labute approximate surface area is 171 Å². The number of nitrogens with one attached hydrogen (secondary N) is 2. The first-order valence-corrected chi connectivity index (χ1v) is 10.7. The summed E-state index contributed by atoms with van der Waals surface area (Å²) < 4.78 is 0. The summed E-state index contributed by atoms with van der Waals surface area (Å²) in [5.74, 6) is 0.135. The van der Waals surface area contributed by atoms with Gasteiger partial charge < -0.3 is 15.5 Å². The summed E-state index contributed by atoms with van der Waals surface area (Å²) >= 11 is 0. The quantitative estimate of drug-likeness (QED) is 0.798. The maximum atomic E-state index is 13.4. The fourth-order valence-electron chi connectivity index (χ4n) is 4.72. The highest BCUT2D eigenvalue weighted by molar-refractivity contribution is 6.00. The summed E-state index contributed by atoms with van der Waals surface area (Å²) in [6, 6.07) is 16.3. The third kappa shape index (κ3) is 3.55. The Bertz CT molecular complexity index is 930. The van der Waals surface area contributed by atoms with Crippen molar-refractivity contribution in [3.63, 3.8) is 0 Å². The van der Waals surface area contributed by atoms with E-state index in [2.05, 4.69) is 27.7 Å². The molecule has 3 aliphatic rings. The summed E-state index contributed by atoms with van der Waals surface area (Å²) in [5.41, 5.74) is 3.60. The summed E-state index contributed by atoms with van der Waals surface area (Å²) in [6.45, 7) is 3.07. The van der Waals surface area contributed by atoms with Gasteiger partial charge in [-0.25, -0.2) is 0 Å². The molecular weight excluding hydrogens is 362 g/mol. The van der Waals surface area contributed by atoms with E-state index in [-0.39, 0.29) is 17.9 Å². The molecular formula is C24H27N3O2. The standard InChI is InChI=1S/C24H27N3O2/c28-22-14-18-8-9-19(15-20(18)25-22)24(10-11-24)23(29)26-21(16-27-12-4-5-13-27)17-6-2-1-3-7-17/h1-3,6-9,15,21H,4-5,10-14,16H2,(H,25,28)(H,26,29). The molecule has 2 fully saturated rings. The summed E-state index contributed by atoms with van der Waals surface area (Å²) in [5, 5.41) is 6.28. The zero-order valence-electron chi connectivity index (χ0n) is 16.6. The van der Waals surface area contributed by atoms with Crippen LogP contribution in [0.15, 0.2) is 48.5 Å². The van der Waals surface area contributed by atoms with Gasteiger partial charge in [-0.2, -0.15) is 0 Å². The maximum Gasteiger partial charge on any atom is 0.231 e. The van der Waals surface area contributed by atoms with E-state index >= 15 is 0 Å². The van der Waals surface area contributed by atoms with Gasteiger partial charge in [0.25, 0.3) is 0 Å². The number of fused-ring (bicyclic) bond motifs is 1. The molecule has 2 heterocycles. The minimum Gasteiger partial charge on any atom is -0.347 e. The Balaban J connectivity index is 1.37. The van der Waals surface area contributed by atoms with Crippen LogP contribution in [0, 0.1) is 0 Å². The van der Waals surface area contributed by atoms with Crippen molar-refractivity contribution in [2.45, 2.75) is 43.6 Å². The number of rotatable bonds is 6. The van der Waals surface area contributed by atoms with Gasteiger partial charge in [0.1, 0.15) is 0 Å². The predicted molar refractivity (Wildman–Crippen MR) is 113 cm³/mol. The second-order valence-corrected chi connectivity index (χ2v) is 8.62. The van der Waals surface area contributed by atoms with Crippen molar-refractivity contribution in [1.82, 2.24) is 10.2 Å². The molecule has 150 valence electrons. The number of amides is 2. The van der Waals surface area contributed by atoms with Gasteiger partial charge in [0.05, 0.1) is 17.9 Å². The summed E-state index contributed by atoms with van der Waals surface area (Å²) in [6.07, 6.45) is 4.62. The third-order valence-electron chi connectivity index (χ3n) is 6.62. The first-order valence-electron chi connectivity index (χ1n) is 10.7. The highest BCUT2D eigenvalue weighted by atomic mass is 16.2. The normalized spacial score (nSPS) is 20.8. The molecule has 1 aliphatic carbocycles. The Kier molecular flexibility index (Phi) is 4.63. The molecule has 2 aliphatic heterocycles. The molecule has 2 N–H and O–H groups in total. The Hall–Kier alpha value is -2.66. The fraction of sp³-hybridized carbons (Fsp3) is 0.417. The number of hydrogen-bond donors (Lipinski definition) is 2. The van der Waals surface area contributed by atoms with Crippen LogP contribution in [0.5, 0.6) is 0 Å². The lowest BCUT2D eigenvalue weighted by Gasteiger charge is -2.27. The molecule has 1 unspecified atom stereocenters. The van der Waals surface area contributed by atoms with Crippen LogP contribution in [0.3, 0.4) is 0 Å². The first-order chi connectivity index (χ1) is 14.1. The maximum absolute atomic E-state index is 13.4. The molecule has 1 saturated carbocycles. The van der Waals surface area contributed by atoms with Crippen molar-refractivity contribution in [1.29, 1.82) is 0 Å². The average molecular weight is 389 g/mol. The fourth-order valence-corrected chi connectivity index (χ4v) is 4.72. The Morgan fingerprint density at radius 1 is 1.10 bits per heavy atom. The van der Waals surface area contributed by atoms with Gasteiger partial charge in [0.15, 0.2) is 0 Å². The molecule has 2 amide bonds. The van der Waals surface area contributed by atoms with Gasteiger partial charge in [-0.05, 0) is 61.5 Å². The van der Waals surface area contributed by atoms with E-state index in [9.17, 15) is 9.59 Å². The molecule has 5 heteroatoms. The van der Waals surface area contributed by atoms with Crippen LogP contribution in [0.2, 0.25) is 0 Å². The molecule has 5 nitrogen and oxygen atoms in total. The van der Waals surface area contributed by atoms with Crippen LogP contribution in [0.1, 0.15) is 48.4 Å². The van der Waals surface area contributed by atoms with Gasteiger partial charge in [-0.15, -0.1) is 0 Å². The second-order valence-electron chi connectivity index (χ2n) is 8.62. The lowest BCUT2D eigenvalue weighted by atomic mass is 9.92. The largest absolute Gasteiger partial charge is 0.347 e. The van der Waals surface area contributed by atoms with Crippen molar-refractivity contribution >= 4 is 17.5 Å². The van der Waals surface area contributed by atoms with E-state index in [1.165, 1.54) is 12.8 Å². The molecule has 2 aromatic rings. The van der Waals surface area contributed by atoms with E-state index in [4.69, 9.17) is 0 Å². The lowest BCUT2D eigenvalue weighted by Crippen LogP contribution is -2.41. The van der Waals surface area contributed by atoms with E-state index in [0.29, 0.717) is 6.42 Å². The molecule has 0 bridgehead atoms. The van der Waals surface area contributed by atoms with Crippen molar-refractivity contribution in [3.8, 4) is 0 Å². The van der Waals surface area contributed by atoms with Crippen LogP contribution in [0.25, 0.3) is 0 Å². The molecule has 0 radical (unpaired) electrons. The van der Waals surface area contributed by atoms with E-state index in [1.54, 1.807) is 0 Å². The van der Waals surface area contributed by atoms with Crippen LogP contribution in [0.4, 0.5) is 5.69 Å². The molecule has 29 heavy (non-hydrogen) atoms. The molecule has 1 saturated heterocycles. The van der Waals surface area contributed by atoms with Gasteiger partial charge >= 0.3 is 0 Å². The highest BCUT2D eigenvalue weighted by Crippen LogP contribution is 2.50. The van der Waals surface area contributed by atoms with Gasteiger partial charge in [-0.3, -0.25) is 9.59 Å². The van der Waals surface area contributed by atoms with Crippen LogP contribution < -0.4 is 10.6 Å². The second kappa shape index (κ2) is 7.30. The number of carbonyl (C=O) groups is 2. The number of likely N-dealkylation sites (tertiary alicyclic amines) is 1. The minimum atomic E-state index is -0.458. The lowest BCUT2D eigenvalue weighted by molar-refractivity contribution is -0.124. The van der Waals surface area contributed by atoms with E-state index in [1.807, 2.05) is 36.4 Å². The van der Waals surface area contributed by atoms with Crippen molar-refractivity contribution < 1.29 is 9.59 Å². The predicted octanol–water partition coefficient (Wildman–Crippen LogP) is 3.17. The number of nitrogens with zero attached hydrogens (tertiary/aromatic N) is 1. The monoisotopic (exact) mass is 389 g/mol. The van der Waals surface area contributed by atoms with Crippen LogP contribution in [-0.2, 0) is 21.4 Å². The van der Waals surface area contributed by atoms with Crippen molar-refractivity contribution in [2.24, 2.45) is 0 Å². The van der Waals surface area contributed by atoms with E-state index in [0.717, 1.165) is 54.9 Å². The molecule has 0 spiro atoms.